The summed E-state index contributed by atoms with van der Waals surface area (Å²) in [6, 6.07) is 8.61. The second-order valence-electron chi connectivity index (χ2n) is 5.91. The van der Waals surface area contributed by atoms with Crippen molar-refractivity contribution in [3.8, 4) is 5.75 Å². The molecule has 19 heavy (non-hydrogen) atoms. The van der Waals surface area contributed by atoms with Gasteiger partial charge >= 0.3 is 0 Å². The molecule has 0 saturated heterocycles. The van der Waals surface area contributed by atoms with E-state index in [0.29, 0.717) is 5.92 Å². The Bertz CT molecular complexity index is 387. The molecule has 0 aliphatic heterocycles. The van der Waals surface area contributed by atoms with Gasteiger partial charge in [0, 0.05) is 0 Å². The maximum absolute atomic E-state index is 6.00. The molecular weight excluding hydrogens is 234 g/mol. The molecular formula is C17H27NO. The second-order valence-corrected chi connectivity index (χ2v) is 5.91. The predicted octanol–water partition coefficient (Wildman–Crippen LogP) is 3.97. The van der Waals surface area contributed by atoms with Crippen LogP contribution >= 0.6 is 0 Å². The normalized spacial score (nSPS) is 23.6. The maximum Gasteiger partial charge on any atom is 0.123 e. The Kier molecular flexibility index (Phi) is 5.26. The summed E-state index contributed by atoms with van der Waals surface area (Å²) < 4.78 is 6.00. The molecule has 106 valence electrons. The van der Waals surface area contributed by atoms with Gasteiger partial charge in [-0.15, -0.1) is 0 Å². The average Bonchev–Trinajstić information content (AvgIpc) is 2.40. The summed E-state index contributed by atoms with van der Waals surface area (Å²) in [5.74, 6) is 2.48. The van der Waals surface area contributed by atoms with E-state index in [1.54, 1.807) is 0 Å². The summed E-state index contributed by atoms with van der Waals surface area (Å²) in [5.41, 5.74) is 1.41. The van der Waals surface area contributed by atoms with Gasteiger partial charge in [-0.3, -0.25) is 0 Å². The third-order valence-corrected chi connectivity index (χ3v) is 4.06. The van der Waals surface area contributed by atoms with Gasteiger partial charge in [-0.2, -0.15) is 0 Å². The van der Waals surface area contributed by atoms with Crippen molar-refractivity contribution in [1.29, 1.82) is 0 Å². The third kappa shape index (κ3) is 3.73. The molecule has 0 bridgehead atoms. The zero-order valence-electron chi connectivity index (χ0n) is 12.5. The number of hydrogen-bond donors (Lipinski definition) is 1. The molecule has 0 aromatic heterocycles. The molecule has 1 saturated carbocycles. The number of nitrogens with one attached hydrogen (secondary N) is 1. The van der Waals surface area contributed by atoms with Crippen LogP contribution in [0.15, 0.2) is 24.3 Å². The molecule has 1 aromatic rings. The molecule has 1 aromatic carbocycles. The Hall–Kier alpha value is -1.02. The highest BCUT2D eigenvalue weighted by atomic mass is 16.5. The van der Waals surface area contributed by atoms with Crippen LogP contribution in [-0.2, 0) is 0 Å². The molecule has 2 heteroatoms. The Labute approximate surface area is 117 Å². The van der Waals surface area contributed by atoms with Crippen molar-refractivity contribution in [3.05, 3.63) is 29.8 Å². The van der Waals surface area contributed by atoms with Crippen molar-refractivity contribution >= 4 is 0 Å². The minimum Gasteiger partial charge on any atom is -0.491 e. The first-order valence-electron chi connectivity index (χ1n) is 7.62. The lowest BCUT2D eigenvalue weighted by Crippen LogP contribution is -2.28. The molecule has 2 atom stereocenters. The number of benzene rings is 1. The van der Waals surface area contributed by atoms with Crippen LogP contribution in [-0.4, -0.2) is 19.7 Å². The van der Waals surface area contributed by atoms with E-state index in [0.717, 1.165) is 18.2 Å². The molecule has 2 nitrogen and oxygen atoms in total. The van der Waals surface area contributed by atoms with E-state index in [-0.39, 0.29) is 6.10 Å². The minimum absolute atomic E-state index is 0.243. The Morgan fingerprint density at radius 1 is 1.21 bits per heavy atom. The number of rotatable bonds is 5. The first-order chi connectivity index (χ1) is 9.22. The van der Waals surface area contributed by atoms with Crippen molar-refractivity contribution in [1.82, 2.24) is 5.32 Å². The molecule has 0 heterocycles. The lowest BCUT2D eigenvalue weighted by Gasteiger charge is -2.33. The lowest BCUT2D eigenvalue weighted by molar-refractivity contribution is 0.230. The van der Waals surface area contributed by atoms with Crippen molar-refractivity contribution in [2.24, 2.45) is 5.92 Å². The fourth-order valence-electron chi connectivity index (χ4n) is 3.27. The van der Waals surface area contributed by atoms with Crippen LogP contribution in [0.3, 0.4) is 0 Å². The fraction of sp³-hybridized carbons (Fsp3) is 0.647. The molecule has 1 aliphatic rings. The molecule has 2 unspecified atom stereocenters. The average molecular weight is 261 g/mol. The molecule has 0 amide bonds. The van der Waals surface area contributed by atoms with Crippen LogP contribution in [0, 0.1) is 5.92 Å². The second kappa shape index (κ2) is 6.95. The molecule has 1 fully saturated rings. The lowest BCUT2D eigenvalue weighted by atomic mass is 9.75. The smallest absolute Gasteiger partial charge is 0.123 e. The van der Waals surface area contributed by atoms with Gasteiger partial charge in [-0.25, -0.2) is 0 Å². The third-order valence-electron chi connectivity index (χ3n) is 4.06. The first kappa shape index (κ1) is 14.4. The fourth-order valence-corrected chi connectivity index (χ4v) is 3.27. The van der Waals surface area contributed by atoms with Gasteiger partial charge in [0.2, 0.25) is 0 Å². The first-order valence-corrected chi connectivity index (χ1v) is 7.62. The Morgan fingerprint density at radius 2 is 1.95 bits per heavy atom. The number of para-hydroxylation sites is 1. The van der Waals surface area contributed by atoms with Gasteiger partial charge in [0.15, 0.2) is 0 Å². The van der Waals surface area contributed by atoms with Crippen molar-refractivity contribution in [2.45, 2.75) is 51.6 Å². The zero-order chi connectivity index (χ0) is 13.7. The van der Waals surface area contributed by atoms with E-state index < -0.39 is 0 Å². The van der Waals surface area contributed by atoms with Gasteiger partial charge in [-0.05, 0) is 63.7 Å². The maximum atomic E-state index is 6.00. The highest BCUT2D eigenvalue weighted by Crippen LogP contribution is 2.41. The van der Waals surface area contributed by atoms with Crippen molar-refractivity contribution < 1.29 is 4.74 Å². The number of ether oxygens (including phenoxy) is 1. The minimum atomic E-state index is 0.243. The predicted molar refractivity (Wildman–Crippen MR) is 80.8 cm³/mol. The summed E-state index contributed by atoms with van der Waals surface area (Å²) in [5, 5.41) is 3.36. The standard InChI is InChI=1S/C17H27NO/c1-13(2)19-17-11-7-6-10-16(17)15-9-5-4-8-14(15)12-18-3/h6-7,10-11,13-15,18H,4-5,8-9,12H2,1-3H3. The van der Waals surface area contributed by atoms with Gasteiger partial charge in [0.25, 0.3) is 0 Å². The van der Waals surface area contributed by atoms with E-state index in [9.17, 15) is 0 Å². The van der Waals surface area contributed by atoms with E-state index >= 15 is 0 Å². The highest BCUT2D eigenvalue weighted by molar-refractivity contribution is 5.37. The van der Waals surface area contributed by atoms with Gasteiger partial charge in [0.1, 0.15) is 5.75 Å². The van der Waals surface area contributed by atoms with Gasteiger partial charge in [0.05, 0.1) is 6.10 Å². The largest absolute Gasteiger partial charge is 0.491 e. The number of hydrogen-bond acceptors (Lipinski definition) is 2. The van der Waals surface area contributed by atoms with Crippen LogP contribution in [0.2, 0.25) is 0 Å². The molecule has 2 rings (SSSR count). The molecule has 0 spiro atoms. The van der Waals surface area contributed by atoms with Crippen LogP contribution in [0.4, 0.5) is 0 Å². The summed E-state index contributed by atoms with van der Waals surface area (Å²) in [4.78, 5) is 0. The van der Waals surface area contributed by atoms with E-state index in [1.807, 2.05) is 0 Å². The van der Waals surface area contributed by atoms with Crippen LogP contribution in [0.5, 0.6) is 5.75 Å². The highest BCUT2D eigenvalue weighted by Gasteiger charge is 2.28. The van der Waals surface area contributed by atoms with E-state index in [1.165, 1.54) is 31.2 Å². The van der Waals surface area contributed by atoms with Crippen molar-refractivity contribution in [2.75, 3.05) is 13.6 Å². The van der Waals surface area contributed by atoms with Gasteiger partial charge in [-0.1, -0.05) is 31.0 Å². The Balaban J connectivity index is 2.22. The van der Waals surface area contributed by atoms with E-state index in [4.69, 9.17) is 4.74 Å². The van der Waals surface area contributed by atoms with E-state index in [2.05, 4.69) is 50.5 Å². The molecule has 0 radical (unpaired) electrons. The summed E-state index contributed by atoms with van der Waals surface area (Å²) in [6.45, 7) is 5.31. The molecule has 1 N–H and O–H groups in total. The van der Waals surface area contributed by atoms with Gasteiger partial charge < -0.3 is 10.1 Å². The van der Waals surface area contributed by atoms with Crippen LogP contribution in [0.1, 0.15) is 51.0 Å². The summed E-state index contributed by atoms with van der Waals surface area (Å²) in [6.07, 6.45) is 5.59. The monoisotopic (exact) mass is 261 g/mol. The van der Waals surface area contributed by atoms with Crippen molar-refractivity contribution in [3.63, 3.8) is 0 Å². The SMILES string of the molecule is CNCC1CCCCC1c1ccccc1OC(C)C. The quantitative estimate of drug-likeness (QED) is 0.866. The topological polar surface area (TPSA) is 21.3 Å². The zero-order valence-corrected chi connectivity index (χ0v) is 12.5. The summed E-state index contributed by atoms with van der Waals surface area (Å²) in [7, 11) is 2.06. The van der Waals surface area contributed by atoms with Crippen LogP contribution in [0.25, 0.3) is 0 Å². The summed E-state index contributed by atoms with van der Waals surface area (Å²) >= 11 is 0. The molecule has 1 aliphatic carbocycles. The van der Waals surface area contributed by atoms with Crippen LogP contribution < -0.4 is 10.1 Å². The Morgan fingerprint density at radius 3 is 2.68 bits per heavy atom.